The number of imidazole rings is 1. The van der Waals surface area contributed by atoms with Gasteiger partial charge >= 0.3 is 0 Å². The first-order chi connectivity index (χ1) is 5.20. The molecule has 0 aromatic carbocycles. The summed E-state index contributed by atoms with van der Waals surface area (Å²) in [6.45, 7) is 6.93. The molecule has 1 heterocycles. The molecule has 1 N–H and O–H groups in total. The molecule has 0 fully saturated rings. The van der Waals surface area contributed by atoms with Crippen LogP contribution in [-0.2, 0) is 13.2 Å². The van der Waals surface area contributed by atoms with Crippen molar-refractivity contribution in [3.05, 3.63) is 17.2 Å². The van der Waals surface area contributed by atoms with Gasteiger partial charge in [-0.3, -0.25) is 0 Å². The highest BCUT2D eigenvalue weighted by atomic mass is 16.3. The highest BCUT2D eigenvalue weighted by Gasteiger charge is 2.06. The maximum atomic E-state index is 8.90. The molecule has 3 nitrogen and oxygen atoms in total. The average molecular weight is 154 g/mol. The normalized spacial score (nSPS) is 10.5. The molecule has 0 saturated heterocycles. The third-order valence-electron chi connectivity index (χ3n) is 1.99. The molecule has 1 rings (SSSR count). The number of aliphatic hydroxyl groups excluding tert-OH is 1. The molecule has 0 atom stereocenters. The Morgan fingerprint density at radius 3 is 2.45 bits per heavy atom. The molecule has 0 aliphatic carbocycles. The number of aliphatic hydroxyl groups is 1. The van der Waals surface area contributed by atoms with Gasteiger partial charge in [0.1, 0.15) is 12.4 Å². The first-order valence-electron chi connectivity index (χ1n) is 3.84. The molecule has 11 heavy (non-hydrogen) atoms. The number of aromatic nitrogens is 2. The van der Waals surface area contributed by atoms with Crippen molar-refractivity contribution in [3.63, 3.8) is 0 Å². The molecule has 3 heteroatoms. The molecule has 0 aliphatic heterocycles. The lowest BCUT2D eigenvalue weighted by Gasteiger charge is -2.03. The minimum absolute atomic E-state index is 0.0303. The van der Waals surface area contributed by atoms with E-state index in [2.05, 4.69) is 4.98 Å². The quantitative estimate of drug-likeness (QED) is 0.690. The van der Waals surface area contributed by atoms with Crippen molar-refractivity contribution >= 4 is 0 Å². The van der Waals surface area contributed by atoms with Crippen molar-refractivity contribution in [1.82, 2.24) is 9.55 Å². The Hall–Kier alpha value is -0.830. The first kappa shape index (κ1) is 8.27. The minimum atomic E-state index is 0.0303. The molecule has 62 valence electrons. The molecule has 0 bridgehead atoms. The van der Waals surface area contributed by atoms with E-state index in [9.17, 15) is 0 Å². The predicted molar refractivity (Wildman–Crippen MR) is 43.3 cm³/mol. The maximum Gasteiger partial charge on any atom is 0.135 e. The molecule has 0 radical (unpaired) electrons. The Kier molecular flexibility index (Phi) is 2.29. The summed E-state index contributed by atoms with van der Waals surface area (Å²) in [5, 5.41) is 8.90. The Morgan fingerprint density at radius 2 is 2.09 bits per heavy atom. The Bertz CT molecular complexity index is 253. The zero-order valence-corrected chi connectivity index (χ0v) is 7.26. The lowest BCUT2D eigenvalue weighted by molar-refractivity contribution is 0.265. The summed E-state index contributed by atoms with van der Waals surface area (Å²) in [5.41, 5.74) is 2.16. The van der Waals surface area contributed by atoms with E-state index < -0.39 is 0 Å². The molecule has 0 amide bonds. The van der Waals surface area contributed by atoms with E-state index in [1.807, 2.05) is 25.3 Å². The standard InChI is InChI=1S/C8H14N2O/c1-4-10-7(3)6(2)9-8(10)5-11/h11H,4-5H2,1-3H3. The topological polar surface area (TPSA) is 38.0 Å². The number of hydrogen-bond donors (Lipinski definition) is 1. The zero-order valence-electron chi connectivity index (χ0n) is 7.26. The van der Waals surface area contributed by atoms with Crippen LogP contribution in [0.1, 0.15) is 24.1 Å². The first-order valence-corrected chi connectivity index (χ1v) is 3.84. The van der Waals surface area contributed by atoms with Crippen LogP contribution in [0.5, 0.6) is 0 Å². The summed E-state index contributed by atoms with van der Waals surface area (Å²) in [7, 11) is 0. The monoisotopic (exact) mass is 154 g/mol. The Balaban J connectivity index is 3.15. The lowest BCUT2D eigenvalue weighted by atomic mass is 10.4. The maximum absolute atomic E-state index is 8.90. The van der Waals surface area contributed by atoms with Gasteiger partial charge in [0.25, 0.3) is 0 Å². The van der Waals surface area contributed by atoms with Crippen LogP contribution < -0.4 is 0 Å². The van der Waals surface area contributed by atoms with Crippen molar-refractivity contribution in [1.29, 1.82) is 0 Å². The van der Waals surface area contributed by atoms with Gasteiger partial charge in [0.2, 0.25) is 0 Å². The fraction of sp³-hybridized carbons (Fsp3) is 0.625. The molecule has 0 unspecified atom stereocenters. The Morgan fingerprint density at radius 1 is 1.45 bits per heavy atom. The summed E-state index contributed by atoms with van der Waals surface area (Å²) in [6.07, 6.45) is 0. The SMILES string of the molecule is CCn1c(CO)nc(C)c1C. The van der Waals surface area contributed by atoms with Gasteiger partial charge in [0, 0.05) is 12.2 Å². The fourth-order valence-electron chi connectivity index (χ4n) is 1.26. The smallest absolute Gasteiger partial charge is 0.135 e. The fourth-order valence-corrected chi connectivity index (χ4v) is 1.26. The van der Waals surface area contributed by atoms with Crippen LogP contribution in [-0.4, -0.2) is 14.7 Å². The molecule has 0 aliphatic rings. The minimum Gasteiger partial charge on any atom is -0.388 e. The second kappa shape index (κ2) is 3.05. The van der Waals surface area contributed by atoms with Crippen LogP contribution in [0.3, 0.4) is 0 Å². The summed E-state index contributed by atoms with van der Waals surface area (Å²) in [4.78, 5) is 4.21. The van der Waals surface area contributed by atoms with Gasteiger partial charge in [-0.2, -0.15) is 0 Å². The molecule has 0 spiro atoms. The predicted octanol–water partition coefficient (Wildman–Crippen LogP) is 1.01. The van der Waals surface area contributed by atoms with Gasteiger partial charge in [0.15, 0.2) is 0 Å². The summed E-state index contributed by atoms with van der Waals surface area (Å²) >= 11 is 0. The molecule has 0 saturated carbocycles. The lowest BCUT2D eigenvalue weighted by Crippen LogP contribution is -2.02. The molecular weight excluding hydrogens is 140 g/mol. The van der Waals surface area contributed by atoms with E-state index in [1.165, 1.54) is 0 Å². The van der Waals surface area contributed by atoms with E-state index in [4.69, 9.17) is 5.11 Å². The molecule has 1 aromatic rings. The highest BCUT2D eigenvalue weighted by Crippen LogP contribution is 2.09. The van der Waals surface area contributed by atoms with Crippen LogP contribution in [0, 0.1) is 13.8 Å². The number of hydrogen-bond acceptors (Lipinski definition) is 2. The molecular formula is C8H14N2O. The van der Waals surface area contributed by atoms with Crippen molar-refractivity contribution in [2.24, 2.45) is 0 Å². The second-order valence-electron chi connectivity index (χ2n) is 2.60. The zero-order chi connectivity index (χ0) is 8.43. The van der Waals surface area contributed by atoms with Crippen molar-refractivity contribution in [2.75, 3.05) is 0 Å². The van der Waals surface area contributed by atoms with Gasteiger partial charge in [-0.15, -0.1) is 0 Å². The summed E-state index contributed by atoms with van der Waals surface area (Å²) in [5.74, 6) is 0.766. The largest absolute Gasteiger partial charge is 0.388 e. The molecule has 1 aromatic heterocycles. The number of nitrogens with zero attached hydrogens (tertiary/aromatic N) is 2. The van der Waals surface area contributed by atoms with Gasteiger partial charge in [-0.25, -0.2) is 4.98 Å². The summed E-state index contributed by atoms with van der Waals surface area (Å²) in [6, 6.07) is 0. The van der Waals surface area contributed by atoms with Gasteiger partial charge < -0.3 is 9.67 Å². The van der Waals surface area contributed by atoms with Crippen molar-refractivity contribution < 1.29 is 5.11 Å². The van der Waals surface area contributed by atoms with Gasteiger partial charge in [-0.05, 0) is 20.8 Å². The highest BCUT2D eigenvalue weighted by molar-refractivity contribution is 5.13. The van der Waals surface area contributed by atoms with Gasteiger partial charge in [0.05, 0.1) is 5.69 Å². The van der Waals surface area contributed by atoms with Crippen molar-refractivity contribution in [2.45, 2.75) is 33.9 Å². The van der Waals surface area contributed by atoms with Crippen LogP contribution in [0.2, 0.25) is 0 Å². The third-order valence-corrected chi connectivity index (χ3v) is 1.99. The van der Waals surface area contributed by atoms with E-state index >= 15 is 0 Å². The average Bonchev–Trinajstić information content (AvgIpc) is 2.28. The van der Waals surface area contributed by atoms with E-state index in [-0.39, 0.29) is 6.61 Å². The van der Waals surface area contributed by atoms with E-state index in [1.54, 1.807) is 0 Å². The summed E-state index contributed by atoms with van der Waals surface area (Å²) < 4.78 is 2.02. The van der Waals surface area contributed by atoms with Crippen LogP contribution >= 0.6 is 0 Å². The number of rotatable bonds is 2. The van der Waals surface area contributed by atoms with E-state index in [0.717, 1.165) is 23.8 Å². The second-order valence-corrected chi connectivity index (χ2v) is 2.60. The van der Waals surface area contributed by atoms with Crippen molar-refractivity contribution in [3.8, 4) is 0 Å². The van der Waals surface area contributed by atoms with Gasteiger partial charge in [-0.1, -0.05) is 0 Å². The van der Waals surface area contributed by atoms with Crippen LogP contribution in [0.15, 0.2) is 0 Å². The van der Waals surface area contributed by atoms with Crippen LogP contribution in [0.25, 0.3) is 0 Å². The van der Waals surface area contributed by atoms with E-state index in [0.29, 0.717) is 0 Å². The van der Waals surface area contributed by atoms with Crippen LogP contribution in [0.4, 0.5) is 0 Å². The Labute approximate surface area is 66.7 Å². The third kappa shape index (κ3) is 1.28. The number of aryl methyl sites for hydroxylation is 1.